The number of thiophene rings is 1. The molecule has 28 heavy (non-hydrogen) atoms. The van der Waals surface area contributed by atoms with E-state index in [0.717, 1.165) is 33.5 Å². The molecule has 2 heterocycles. The number of nitrogens with zero attached hydrogens (tertiary/aromatic N) is 2. The molecule has 0 bridgehead atoms. The predicted molar refractivity (Wildman–Crippen MR) is 118 cm³/mol. The molecule has 0 saturated carbocycles. The largest absolute Gasteiger partial charge is 0.280 e. The van der Waals surface area contributed by atoms with Crippen LogP contribution in [0.2, 0.25) is 0 Å². The first kappa shape index (κ1) is 18.2. The molecule has 2 aromatic heterocycles. The lowest BCUT2D eigenvalue weighted by atomic mass is 10.0. The summed E-state index contributed by atoms with van der Waals surface area (Å²) in [6.07, 6.45) is 6.56. The highest BCUT2D eigenvalue weighted by Gasteiger charge is 2.17. The van der Waals surface area contributed by atoms with Crippen molar-refractivity contribution in [3.63, 3.8) is 0 Å². The van der Waals surface area contributed by atoms with Gasteiger partial charge in [-0.15, -0.1) is 17.8 Å². The van der Waals surface area contributed by atoms with Crippen LogP contribution in [0.1, 0.15) is 18.1 Å². The Kier molecular flexibility index (Phi) is 4.85. The van der Waals surface area contributed by atoms with Crippen LogP contribution in [0.4, 0.5) is 0 Å². The predicted octanol–water partition coefficient (Wildman–Crippen LogP) is 5.30. The van der Waals surface area contributed by atoms with Gasteiger partial charge < -0.3 is 0 Å². The Hall–Kier alpha value is -3.16. The molecule has 0 unspecified atom stereocenters. The Morgan fingerprint density at radius 2 is 1.93 bits per heavy atom. The maximum atomic E-state index is 13.4. The van der Waals surface area contributed by atoms with Gasteiger partial charge in [-0.3, -0.25) is 9.36 Å². The summed E-state index contributed by atoms with van der Waals surface area (Å²) in [6.45, 7) is 4.34. The van der Waals surface area contributed by atoms with Gasteiger partial charge in [-0.1, -0.05) is 60.9 Å². The third-order valence-corrected chi connectivity index (χ3v) is 5.76. The average molecular weight is 385 g/mol. The number of hydrogen-bond donors (Lipinski definition) is 0. The van der Waals surface area contributed by atoms with Gasteiger partial charge in [0.2, 0.25) is 0 Å². The third-order valence-electron chi connectivity index (χ3n) is 4.89. The normalized spacial score (nSPS) is 10.9. The van der Waals surface area contributed by atoms with Crippen molar-refractivity contribution in [2.45, 2.75) is 26.8 Å². The molecule has 0 fully saturated rings. The van der Waals surface area contributed by atoms with Gasteiger partial charge in [0, 0.05) is 16.5 Å². The van der Waals surface area contributed by atoms with E-state index in [1.165, 1.54) is 16.9 Å². The molecule has 0 aliphatic carbocycles. The molecule has 0 saturated heterocycles. The van der Waals surface area contributed by atoms with Crippen molar-refractivity contribution in [1.29, 1.82) is 0 Å². The number of rotatable bonds is 4. The SMILES string of the molecule is C#CCn1c(-c2cccc(C)c2)nc2scc(-c3ccc(CC)cc3)c2c1=O. The summed E-state index contributed by atoms with van der Waals surface area (Å²) in [4.78, 5) is 19.0. The lowest BCUT2D eigenvalue weighted by Crippen LogP contribution is -2.23. The van der Waals surface area contributed by atoms with E-state index >= 15 is 0 Å². The average Bonchev–Trinajstić information content (AvgIpc) is 3.14. The van der Waals surface area contributed by atoms with E-state index in [2.05, 4.69) is 37.1 Å². The Balaban J connectivity index is 1.97. The molecule has 138 valence electrons. The summed E-state index contributed by atoms with van der Waals surface area (Å²) in [5, 5.41) is 2.65. The first-order chi connectivity index (χ1) is 13.6. The molecular weight excluding hydrogens is 364 g/mol. The number of terminal acetylenes is 1. The number of aromatic nitrogens is 2. The van der Waals surface area contributed by atoms with Gasteiger partial charge in [0.05, 0.1) is 11.9 Å². The smallest absolute Gasteiger partial charge is 0.264 e. The van der Waals surface area contributed by atoms with Crippen molar-refractivity contribution < 1.29 is 0 Å². The van der Waals surface area contributed by atoms with Crippen molar-refractivity contribution >= 4 is 21.6 Å². The molecule has 0 aliphatic rings. The zero-order chi connectivity index (χ0) is 19.7. The van der Waals surface area contributed by atoms with Crippen molar-refractivity contribution in [3.05, 3.63) is 75.4 Å². The van der Waals surface area contributed by atoms with Gasteiger partial charge in [0.25, 0.3) is 5.56 Å². The van der Waals surface area contributed by atoms with Gasteiger partial charge in [-0.05, 0) is 30.5 Å². The highest BCUT2D eigenvalue weighted by atomic mass is 32.1. The number of fused-ring (bicyclic) bond motifs is 1. The van der Waals surface area contributed by atoms with E-state index in [1.54, 1.807) is 4.57 Å². The van der Waals surface area contributed by atoms with E-state index in [9.17, 15) is 4.79 Å². The van der Waals surface area contributed by atoms with Gasteiger partial charge in [0.1, 0.15) is 10.7 Å². The molecule has 2 aromatic carbocycles. The van der Waals surface area contributed by atoms with E-state index in [0.29, 0.717) is 11.2 Å². The van der Waals surface area contributed by atoms with Crippen LogP contribution in [0.25, 0.3) is 32.7 Å². The van der Waals surface area contributed by atoms with Crippen molar-refractivity contribution in [2.24, 2.45) is 0 Å². The molecule has 0 radical (unpaired) electrons. The summed E-state index contributed by atoms with van der Waals surface area (Å²) in [7, 11) is 0. The molecule has 0 spiro atoms. The number of aryl methyl sites for hydroxylation is 2. The van der Waals surface area contributed by atoms with Crippen LogP contribution in [0.3, 0.4) is 0 Å². The third kappa shape index (κ3) is 3.15. The molecule has 4 heteroatoms. The molecule has 4 rings (SSSR count). The van der Waals surface area contributed by atoms with Crippen molar-refractivity contribution in [3.8, 4) is 34.9 Å². The van der Waals surface area contributed by atoms with Crippen LogP contribution < -0.4 is 5.56 Å². The second-order valence-electron chi connectivity index (χ2n) is 6.78. The zero-order valence-electron chi connectivity index (χ0n) is 15.9. The monoisotopic (exact) mass is 384 g/mol. The summed E-state index contributed by atoms with van der Waals surface area (Å²) in [5.41, 5.74) is 5.14. The quantitative estimate of drug-likeness (QED) is 0.448. The summed E-state index contributed by atoms with van der Waals surface area (Å²) < 4.78 is 1.60. The Morgan fingerprint density at radius 3 is 2.61 bits per heavy atom. The first-order valence-electron chi connectivity index (χ1n) is 9.24. The van der Waals surface area contributed by atoms with Crippen LogP contribution in [-0.2, 0) is 13.0 Å². The first-order valence-corrected chi connectivity index (χ1v) is 10.1. The standard InChI is InChI=1S/C24H20N2OS/c1-4-13-26-22(19-8-6-7-16(3)14-19)25-23-21(24(26)27)20(15-28-23)18-11-9-17(5-2)10-12-18/h1,6-12,14-15H,5,13H2,2-3H3. The minimum atomic E-state index is -0.0877. The van der Waals surface area contributed by atoms with Crippen LogP contribution in [-0.4, -0.2) is 9.55 Å². The Morgan fingerprint density at radius 1 is 1.14 bits per heavy atom. The van der Waals surface area contributed by atoms with E-state index in [4.69, 9.17) is 11.4 Å². The van der Waals surface area contributed by atoms with E-state index < -0.39 is 0 Å². The summed E-state index contributed by atoms with van der Waals surface area (Å²) >= 11 is 1.50. The number of hydrogen-bond acceptors (Lipinski definition) is 3. The fourth-order valence-electron chi connectivity index (χ4n) is 3.40. The number of benzene rings is 2. The maximum absolute atomic E-state index is 13.4. The minimum absolute atomic E-state index is 0.0877. The van der Waals surface area contributed by atoms with Crippen molar-refractivity contribution in [2.75, 3.05) is 0 Å². The van der Waals surface area contributed by atoms with Gasteiger partial charge in [-0.25, -0.2) is 4.98 Å². The van der Waals surface area contributed by atoms with E-state index in [1.807, 2.05) is 36.6 Å². The van der Waals surface area contributed by atoms with Gasteiger partial charge in [0.15, 0.2) is 0 Å². The lowest BCUT2D eigenvalue weighted by molar-refractivity contribution is 0.796. The van der Waals surface area contributed by atoms with Gasteiger partial charge >= 0.3 is 0 Å². The molecule has 3 nitrogen and oxygen atoms in total. The summed E-state index contributed by atoms with van der Waals surface area (Å²) in [6, 6.07) is 16.3. The molecular formula is C24H20N2OS. The Labute approximate surface area is 168 Å². The molecule has 4 aromatic rings. The lowest BCUT2D eigenvalue weighted by Gasteiger charge is -2.11. The van der Waals surface area contributed by atoms with Gasteiger partial charge in [-0.2, -0.15) is 0 Å². The molecule has 0 amide bonds. The zero-order valence-corrected chi connectivity index (χ0v) is 16.7. The molecule has 0 N–H and O–H groups in total. The van der Waals surface area contributed by atoms with Crippen LogP contribution in [0.15, 0.2) is 58.7 Å². The maximum Gasteiger partial charge on any atom is 0.264 e. The van der Waals surface area contributed by atoms with Crippen LogP contribution in [0, 0.1) is 19.3 Å². The summed E-state index contributed by atoms with van der Waals surface area (Å²) in [5.74, 6) is 3.23. The fraction of sp³-hybridized carbons (Fsp3) is 0.167. The Bertz CT molecular complexity index is 1260. The minimum Gasteiger partial charge on any atom is -0.280 e. The second-order valence-corrected chi connectivity index (χ2v) is 7.64. The van der Waals surface area contributed by atoms with Crippen molar-refractivity contribution in [1.82, 2.24) is 9.55 Å². The molecule has 0 atom stereocenters. The highest BCUT2D eigenvalue weighted by Crippen LogP contribution is 2.32. The van der Waals surface area contributed by atoms with Crippen LogP contribution >= 0.6 is 11.3 Å². The fourth-order valence-corrected chi connectivity index (χ4v) is 4.34. The second kappa shape index (κ2) is 7.46. The highest BCUT2D eigenvalue weighted by molar-refractivity contribution is 7.17. The topological polar surface area (TPSA) is 34.9 Å². The van der Waals surface area contributed by atoms with E-state index in [-0.39, 0.29) is 12.1 Å². The molecule has 0 aliphatic heterocycles. The van der Waals surface area contributed by atoms with Crippen LogP contribution in [0.5, 0.6) is 0 Å².